The van der Waals surface area contributed by atoms with Crippen molar-refractivity contribution in [2.24, 2.45) is 0 Å². The Morgan fingerprint density at radius 1 is 1.37 bits per heavy atom. The Kier molecular flexibility index (Phi) is 4.00. The third kappa shape index (κ3) is 3.02. The maximum atomic E-state index is 11.2. The molecule has 4 nitrogen and oxygen atoms in total. The van der Waals surface area contributed by atoms with E-state index in [-0.39, 0.29) is 0 Å². The van der Waals surface area contributed by atoms with E-state index in [1.165, 1.54) is 0 Å². The predicted octanol–water partition coefficient (Wildman–Crippen LogP) is 3.18. The molecule has 0 spiro atoms. The summed E-state index contributed by atoms with van der Waals surface area (Å²) in [5, 5.41) is 10.1. The van der Waals surface area contributed by atoms with E-state index in [1.807, 2.05) is 38.1 Å². The zero-order valence-corrected chi connectivity index (χ0v) is 11.1. The average Bonchev–Trinajstić information content (AvgIpc) is 2.38. The largest absolute Gasteiger partial charge is 0.479 e. The lowest BCUT2D eigenvalue weighted by Crippen LogP contribution is -2.26. The summed E-state index contributed by atoms with van der Waals surface area (Å²) in [5.74, 6) is -0.409. The number of para-hydroxylation sites is 1. The molecule has 1 aromatic carbocycles. The van der Waals surface area contributed by atoms with Gasteiger partial charge >= 0.3 is 5.97 Å². The second-order valence-corrected chi connectivity index (χ2v) is 4.51. The number of pyridine rings is 1. The van der Waals surface area contributed by atoms with Gasteiger partial charge in [0.1, 0.15) is 11.3 Å². The molecule has 0 aliphatic carbocycles. The lowest BCUT2D eigenvalue weighted by atomic mass is 10.1. The molecule has 0 radical (unpaired) electrons. The van der Waals surface area contributed by atoms with Gasteiger partial charge in [-0.15, -0.1) is 0 Å². The predicted molar refractivity (Wildman–Crippen MR) is 73.4 cm³/mol. The fraction of sp³-hybridized carbons (Fsp3) is 0.333. The Bertz CT molecular complexity index is 595. The molecular formula is C15H17NO3. The number of ether oxygens (including phenoxy) is 1. The highest BCUT2D eigenvalue weighted by Crippen LogP contribution is 2.25. The zero-order chi connectivity index (χ0) is 13.8. The van der Waals surface area contributed by atoms with Crippen LogP contribution in [0.1, 0.15) is 25.5 Å². The number of carbonyl (C=O) groups is 1. The van der Waals surface area contributed by atoms with Crippen molar-refractivity contribution >= 4 is 16.9 Å². The summed E-state index contributed by atoms with van der Waals surface area (Å²) >= 11 is 0. The second kappa shape index (κ2) is 5.69. The van der Waals surface area contributed by atoms with E-state index in [1.54, 1.807) is 6.07 Å². The quantitative estimate of drug-likeness (QED) is 0.896. The molecule has 19 heavy (non-hydrogen) atoms. The Balaban J connectivity index is 2.38. The van der Waals surface area contributed by atoms with Gasteiger partial charge in [0.05, 0.1) is 0 Å². The van der Waals surface area contributed by atoms with Crippen molar-refractivity contribution in [2.75, 3.05) is 0 Å². The smallest absolute Gasteiger partial charge is 0.344 e. The molecule has 0 fully saturated rings. The highest BCUT2D eigenvalue weighted by molar-refractivity contribution is 5.85. The van der Waals surface area contributed by atoms with Crippen LogP contribution in [0.25, 0.3) is 10.9 Å². The van der Waals surface area contributed by atoms with E-state index in [2.05, 4.69) is 4.98 Å². The molecule has 0 amide bonds. The summed E-state index contributed by atoms with van der Waals surface area (Å²) in [4.78, 5) is 15.6. The molecule has 0 bridgehead atoms. The number of nitrogens with zero attached hydrogens (tertiary/aromatic N) is 1. The molecule has 100 valence electrons. The van der Waals surface area contributed by atoms with Crippen LogP contribution in [0.15, 0.2) is 30.3 Å². The van der Waals surface area contributed by atoms with Gasteiger partial charge in [0.25, 0.3) is 0 Å². The number of aliphatic carboxylic acids is 1. The molecule has 4 heteroatoms. The number of benzene rings is 1. The van der Waals surface area contributed by atoms with E-state index in [0.29, 0.717) is 17.7 Å². The fourth-order valence-electron chi connectivity index (χ4n) is 1.96. The van der Waals surface area contributed by atoms with Crippen LogP contribution < -0.4 is 4.74 Å². The summed E-state index contributed by atoms with van der Waals surface area (Å²) in [6, 6.07) is 9.43. The van der Waals surface area contributed by atoms with E-state index < -0.39 is 12.1 Å². The van der Waals surface area contributed by atoms with Gasteiger partial charge in [0.2, 0.25) is 0 Å². The van der Waals surface area contributed by atoms with Gasteiger partial charge in [-0.05, 0) is 25.5 Å². The van der Waals surface area contributed by atoms with Crippen LogP contribution in [-0.2, 0) is 4.79 Å². The van der Waals surface area contributed by atoms with Crippen LogP contribution in [0.3, 0.4) is 0 Å². The van der Waals surface area contributed by atoms with Crippen molar-refractivity contribution in [3.63, 3.8) is 0 Å². The Hall–Kier alpha value is -2.10. The topological polar surface area (TPSA) is 59.4 Å². The number of rotatable bonds is 5. The molecule has 0 aliphatic heterocycles. The van der Waals surface area contributed by atoms with Crippen molar-refractivity contribution in [3.8, 4) is 5.75 Å². The van der Waals surface area contributed by atoms with Gasteiger partial charge in [-0.25, -0.2) is 9.78 Å². The van der Waals surface area contributed by atoms with Gasteiger partial charge in [-0.2, -0.15) is 0 Å². The van der Waals surface area contributed by atoms with E-state index in [4.69, 9.17) is 9.84 Å². The van der Waals surface area contributed by atoms with Crippen LogP contribution >= 0.6 is 0 Å². The lowest BCUT2D eigenvalue weighted by Gasteiger charge is -2.15. The Morgan fingerprint density at radius 2 is 2.16 bits per heavy atom. The number of hydrogen-bond donors (Lipinski definition) is 1. The number of aromatic nitrogens is 1. The van der Waals surface area contributed by atoms with Crippen LogP contribution in [0.5, 0.6) is 5.75 Å². The standard InChI is InChI=1S/C15H17NO3/c1-3-5-13(15(17)18)19-12-7-4-6-11-9-8-10(2)16-14(11)12/h4,6-9,13H,3,5H2,1-2H3,(H,17,18). The normalized spacial score (nSPS) is 12.3. The van der Waals surface area contributed by atoms with Crippen LogP contribution in [0.2, 0.25) is 0 Å². The van der Waals surface area contributed by atoms with Crippen molar-refractivity contribution in [1.82, 2.24) is 4.98 Å². The van der Waals surface area contributed by atoms with Gasteiger partial charge in [0.15, 0.2) is 6.10 Å². The molecule has 1 N–H and O–H groups in total. The first-order valence-electron chi connectivity index (χ1n) is 6.37. The summed E-state index contributed by atoms with van der Waals surface area (Å²) in [6.45, 7) is 3.84. The second-order valence-electron chi connectivity index (χ2n) is 4.51. The first kappa shape index (κ1) is 13.3. The van der Waals surface area contributed by atoms with Crippen molar-refractivity contribution in [2.45, 2.75) is 32.8 Å². The molecule has 1 unspecified atom stereocenters. The lowest BCUT2D eigenvalue weighted by molar-refractivity contribution is -0.145. The molecule has 2 aromatic rings. The molecular weight excluding hydrogens is 242 g/mol. The van der Waals surface area contributed by atoms with Crippen molar-refractivity contribution in [1.29, 1.82) is 0 Å². The zero-order valence-electron chi connectivity index (χ0n) is 11.1. The summed E-state index contributed by atoms with van der Waals surface area (Å²) in [7, 11) is 0. The number of aryl methyl sites for hydroxylation is 1. The molecule has 1 heterocycles. The summed E-state index contributed by atoms with van der Waals surface area (Å²) in [5.41, 5.74) is 1.59. The molecule has 1 aromatic heterocycles. The molecule has 0 saturated heterocycles. The van der Waals surface area contributed by atoms with Gasteiger partial charge < -0.3 is 9.84 Å². The minimum absolute atomic E-state index is 0.484. The third-order valence-electron chi connectivity index (χ3n) is 2.92. The van der Waals surface area contributed by atoms with E-state index in [0.717, 1.165) is 17.5 Å². The van der Waals surface area contributed by atoms with E-state index in [9.17, 15) is 4.79 Å². The molecule has 0 aliphatic rings. The number of carboxylic acids is 1. The van der Waals surface area contributed by atoms with Gasteiger partial charge in [-0.1, -0.05) is 31.5 Å². The van der Waals surface area contributed by atoms with Gasteiger partial charge in [-0.3, -0.25) is 0 Å². The fourth-order valence-corrected chi connectivity index (χ4v) is 1.96. The van der Waals surface area contributed by atoms with Crippen LogP contribution in [0, 0.1) is 6.92 Å². The highest BCUT2D eigenvalue weighted by atomic mass is 16.5. The average molecular weight is 259 g/mol. The Morgan fingerprint density at radius 3 is 2.84 bits per heavy atom. The highest BCUT2D eigenvalue weighted by Gasteiger charge is 2.19. The molecule has 0 saturated carbocycles. The van der Waals surface area contributed by atoms with Crippen molar-refractivity contribution < 1.29 is 14.6 Å². The molecule has 1 atom stereocenters. The monoisotopic (exact) mass is 259 g/mol. The first-order chi connectivity index (χ1) is 9.11. The maximum absolute atomic E-state index is 11.2. The number of hydrogen-bond acceptors (Lipinski definition) is 3. The van der Waals surface area contributed by atoms with Crippen molar-refractivity contribution in [3.05, 3.63) is 36.0 Å². The number of carboxylic acid groups (broad SMARTS) is 1. The minimum atomic E-state index is -0.938. The van der Waals surface area contributed by atoms with Crippen LogP contribution in [-0.4, -0.2) is 22.2 Å². The van der Waals surface area contributed by atoms with E-state index >= 15 is 0 Å². The SMILES string of the molecule is CCCC(Oc1cccc2ccc(C)nc12)C(=O)O. The third-order valence-corrected chi connectivity index (χ3v) is 2.92. The minimum Gasteiger partial charge on any atom is -0.479 e. The summed E-state index contributed by atoms with van der Waals surface area (Å²) in [6.07, 6.45) is 0.420. The van der Waals surface area contributed by atoms with Gasteiger partial charge in [0, 0.05) is 11.1 Å². The number of fused-ring (bicyclic) bond motifs is 1. The maximum Gasteiger partial charge on any atom is 0.344 e. The molecule has 2 rings (SSSR count). The first-order valence-corrected chi connectivity index (χ1v) is 6.37. The Labute approximate surface area is 112 Å². The summed E-state index contributed by atoms with van der Waals surface area (Å²) < 4.78 is 5.62. The van der Waals surface area contributed by atoms with Crippen LogP contribution in [0.4, 0.5) is 0 Å².